The van der Waals surface area contributed by atoms with Crippen LogP contribution in [0, 0.1) is 11.3 Å². The number of nitriles is 1. The number of nitrogens with two attached hydrogens (primary N) is 1. The van der Waals surface area contributed by atoms with Crippen LogP contribution < -0.4 is 10.5 Å². The first-order valence-corrected chi connectivity index (χ1v) is 6.45. The van der Waals surface area contributed by atoms with E-state index in [1.54, 1.807) is 18.2 Å². The van der Waals surface area contributed by atoms with Gasteiger partial charge in [-0.05, 0) is 47.0 Å². The lowest BCUT2D eigenvalue weighted by atomic mass is 9.96. The van der Waals surface area contributed by atoms with Crippen molar-refractivity contribution in [2.45, 2.75) is 32.2 Å². The molecule has 0 amide bonds. The number of rotatable bonds is 5. The van der Waals surface area contributed by atoms with Crippen LogP contribution in [0.2, 0.25) is 0 Å². The highest BCUT2D eigenvalue weighted by molar-refractivity contribution is 9.10. The van der Waals surface area contributed by atoms with Crippen LogP contribution in [0.3, 0.4) is 0 Å². The van der Waals surface area contributed by atoms with Crippen molar-refractivity contribution in [3.63, 3.8) is 0 Å². The van der Waals surface area contributed by atoms with E-state index in [1.807, 2.05) is 0 Å². The lowest BCUT2D eigenvalue weighted by Gasteiger charge is -2.26. The molecular formula is C13H17BrN2O. The summed E-state index contributed by atoms with van der Waals surface area (Å²) in [6.07, 6.45) is 1.74. The van der Waals surface area contributed by atoms with Crippen molar-refractivity contribution in [2.24, 2.45) is 5.73 Å². The van der Waals surface area contributed by atoms with Gasteiger partial charge in [0.15, 0.2) is 0 Å². The minimum Gasteiger partial charge on any atom is -0.490 e. The third-order valence-corrected chi connectivity index (χ3v) is 3.60. The molecule has 0 unspecified atom stereocenters. The summed E-state index contributed by atoms with van der Waals surface area (Å²) in [5.74, 6) is 0.723. The highest BCUT2D eigenvalue weighted by Gasteiger charge is 2.21. The van der Waals surface area contributed by atoms with E-state index in [0.717, 1.165) is 23.1 Å². The molecule has 4 heteroatoms. The first-order valence-electron chi connectivity index (χ1n) is 5.66. The van der Waals surface area contributed by atoms with E-state index in [9.17, 15) is 0 Å². The third-order valence-electron chi connectivity index (χ3n) is 2.98. The van der Waals surface area contributed by atoms with Gasteiger partial charge in [0, 0.05) is 5.54 Å². The predicted molar refractivity (Wildman–Crippen MR) is 71.9 cm³/mol. The Kier molecular flexibility index (Phi) is 4.98. The molecular weight excluding hydrogens is 280 g/mol. The second kappa shape index (κ2) is 6.04. The Morgan fingerprint density at radius 1 is 1.41 bits per heavy atom. The smallest absolute Gasteiger partial charge is 0.133 e. The number of hydrogen-bond acceptors (Lipinski definition) is 3. The van der Waals surface area contributed by atoms with Gasteiger partial charge in [-0.3, -0.25) is 0 Å². The van der Waals surface area contributed by atoms with E-state index < -0.39 is 0 Å². The van der Waals surface area contributed by atoms with Gasteiger partial charge in [-0.25, -0.2) is 0 Å². The molecule has 2 N–H and O–H groups in total. The summed E-state index contributed by atoms with van der Waals surface area (Å²) in [4.78, 5) is 0. The van der Waals surface area contributed by atoms with E-state index >= 15 is 0 Å². The van der Waals surface area contributed by atoms with Crippen molar-refractivity contribution < 1.29 is 4.74 Å². The molecule has 0 heterocycles. The van der Waals surface area contributed by atoms with Gasteiger partial charge in [0.05, 0.1) is 16.1 Å². The quantitative estimate of drug-likeness (QED) is 0.907. The number of halogens is 1. The zero-order chi connectivity index (χ0) is 12.9. The Morgan fingerprint density at radius 3 is 2.53 bits per heavy atom. The van der Waals surface area contributed by atoms with Crippen LogP contribution in [-0.4, -0.2) is 12.1 Å². The minimum absolute atomic E-state index is 0.284. The first-order chi connectivity index (χ1) is 8.04. The fraction of sp³-hybridized carbons (Fsp3) is 0.462. The van der Waals surface area contributed by atoms with E-state index in [-0.39, 0.29) is 5.54 Å². The van der Waals surface area contributed by atoms with Gasteiger partial charge in [-0.15, -0.1) is 0 Å². The van der Waals surface area contributed by atoms with Crippen molar-refractivity contribution in [3.05, 3.63) is 28.2 Å². The van der Waals surface area contributed by atoms with Crippen LogP contribution in [0.1, 0.15) is 32.3 Å². The molecule has 92 valence electrons. The van der Waals surface area contributed by atoms with Crippen LogP contribution >= 0.6 is 15.9 Å². The fourth-order valence-electron chi connectivity index (χ4n) is 1.36. The van der Waals surface area contributed by atoms with Crippen molar-refractivity contribution in [3.8, 4) is 11.8 Å². The maximum Gasteiger partial charge on any atom is 0.133 e. The second-order valence-electron chi connectivity index (χ2n) is 4.12. The zero-order valence-electron chi connectivity index (χ0n) is 10.2. The normalized spacial score (nSPS) is 11.0. The molecule has 0 aliphatic rings. The molecule has 0 atom stereocenters. The highest BCUT2D eigenvalue weighted by Crippen LogP contribution is 2.27. The Labute approximate surface area is 111 Å². The van der Waals surface area contributed by atoms with Crippen LogP contribution in [0.25, 0.3) is 0 Å². The summed E-state index contributed by atoms with van der Waals surface area (Å²) < 4.78 is 6.49. The SMILES string of the molecule is CCC(N)(CC)COc1ccc(C#N)cc1Br. The van der Waals surface area contributed by atoms with Gasteiger partial charge < -0.3 is 10.5 Å². The molecule has 0 aliphatic heterocycles. The first kappa shape index (κ1) is 14.0. The molecule has 0 saturated heterocycles. The van der Waals surface area contributed by atoms with Crippen LogP contribution in [0.4, 0.5) is 0 Å². The Balaban J connectivity index is 2.74. The fourth-order valence-corrected chi connectivity index (χ4v) is 1.86. The van der Waals surface area contributed by atoms with Crippen molar-refractivity contribution in [1.82, 2.24) is 0 Å². The molecule has 3 nitrogen and oxygen atoms in total. The van der Waals surface area contributed by atoms with Gasteiger partial charge in [-0.1, -0.05) is 13.8 Å². The second-order valence-corrected chi connectivity index (χ2v) is 4.97. The number of hydrogen-bond donors (Lipinski definition) is 1. The van der Waals surface area contributed by atoms with Crippen LogP contribution in [0.5, 0.6) is 5.75 Å². The average molecular weight is 297 g/mol. The molecule has 17 heavy (non-hydrogen) atoms. The molecule has 0 aromatic heterocycles. The van der Waals surface area contributed by atoms with E-state index in [2.05, 4.69) is 35.8 Å². The van der Waals surface area contributed by atoms with Gasteiger partial charge >= 0.3 is 0 Å². The summed E-state index contributed by atoms with van der Waals surface area (Å²) >= 11 is 3.38. The van der Waals surface area contributed by atoms with Crippen LogP contribution in [0.15, 0.2) is 22.7 Å². The maximum absolute atomic E-state index is 8.76. The van der Waals surface area contributed by atoms with E-state index in [0.29, 0.717) is 12.2 Å². The monoisotopic (exact) mass is 296 g/mol. The Hall–Kier alpha value is -1.05. The average Bonchev–Trinajstić information content (AvgIpc) is 2.36. The molecule has 1 rings (SSSR count). The summed E-state index contributed by atoms with van der Waals surface area (Å²) in [7, 11) is 0. The summed E-state index contributed by atoms with van der Waals surface area (Å²) in [5, 5.41) is 8.76. The van der Waals surface area contributed by atoms with Gasteiger partial charge in [0.25, 0.3) is 0 Å². The predicted octanol–water partition coefficient (Wildman–Crippen LogP) is 3.22. The zero-order valence-corrected chi connectivity index (χ0v) is 11.8. The third kappa shape index (κ3) is 3.72. The van der Waals surface area contributed by atoms with Crippen molar-refractivity contribution >= 4 is 15.9 Å². The van der Waals surface area contributed by atoms with Gasteiger partial charge in [0.2, 0.25) is 0 Å². The molecule has 0 spiro atoms. The molecule has 0 bridgehead atoms. The molecule has 0 radical (unpaired) electrons. The van der Waals surface area contributed by atoms with E-state index in [1.165, 1.54) is 0 Å². The summed E-state index contributed by atoms with van der Waals surface area (Å²) in [6.45, 7) is 4.59. The molecule has 1 aromatic rings. The minimum atomic E-state index is -0.284. The Morgan fingerprint density at radius 2 is 2.06 bits per heavy atom. The number of nitrogens with zero attached hydrogens (tertiary/aromatic N) is 1. The summed E-state index contributed by atoms with van der Waals surface area (Å²) in [5.41, 5.74) is 6.48. The van der Waals surface area contributed by atoms with Gasteiger partial charge in [0.1, 0.15) is 12.4 Å². The maximum atomic E-state index is 8.76. The topological polar surface area (TPSA) is 59.0 Å². The lowest BCUT2D eigenvalue weighted by Crippen LogP contribution is -2.44. The molecule has 1 aromatic carbocycles. The molecule has 0 aliphatic carbocycles. The van der Waals surface area contributed by atoms with Gasteiger partial charge in [-0.2, -0.15) is 5.26 Å². The lowest BCUT2D eigenvalue weighted by molar-refractivity contribution is 0.206. The summed E-state index contributed by atoms with van der Waals surface area (Å²) in [6, 6.07) is 7.34. The highest BCUT2D eigenvalue weighted by atomic mass is 79.9. The number of ether oxygens (including phenoxy) is 1. The molecule has 0 saturated carbocycles. The number of benzene rings is 1. The van der Waals surface area contributed by atoms with Crippen molar-refractivity contribution in [2.75, 3.05) is 6.61 Å². The van der Waals surface area contributed by atoms with E-state index in [4.69, 9.17) is 15.7 Å². The Bertz CT molecular complexity index is 422. The standard InChI is InChI=1S/C13H17BrN2O/c1-3-13(16,4-2)9-17-12-6-5-10(8-15)7-11(12)14/h5-7H,3-4,9,16H2,1-2H3. The largest absolute Gasteiger partial charge is 0.490 e. The van der Waals surface area contributed by atoms with Crippen molar-refractivity contribution in [1.29, 1.82) is 5.26 Å². The molecule has 0 fully saturated rings. The van der Waals surface area contributed by atoms with Crippen LogP contribution in [-0.2, 0) is 0 Å².